The molecule has 13 aromatic rings. The molecule has 0 radical (unpaired) electrons. The minimum absolute atomic E-state index is 0.0831. The first-order valence-electron chi connectivity index (χ1n) is 28.8. The topological polar surface area (TPSA) is 0 Å². The maximum Gasteiger partial charge on any atom is -0.00195 e. The lowest BCUT2D eigenvalue weighted by Gasteiger charge is -2.25. The minimum atomic E-state index is -0.0997. The van der Waals surface area contributed by atoms with Crippen molar-refractivity contribution >= 4 is 75.4 Å². The predicted octanol–water partition coefficient (Wildman–Crippen LogP) is 23.1. The van der Waals surface area contributed by atoms with E-state index in [1.165, 1.54) is 170 Å². The average Bonchev–Trinajstić information content (AvgIpc) is 3.89. The van der Waals surface area contributed by atoms with Crippen molar-refractivity contribution in [3.8, 4) is 55.6 Å². The maximum absolute atomic E-state index is 2.58. The number of aryl methyl sites for hydroxylation is 3. The van der Waals surface area contributed by atoms with E-state index >= 15 is 0 Å². The van der Waals surface area contributed by atoms with Gasteiger partial charge in [-0.15, -0.1) is 0 Å². The van der Waals surface area contributed by atoms with Crippen LogP contribution in [0.2, 0.25) is 0 Å². The van der Waals surface area contributed by atoms with Crippen LogP contribution in [0, 0.1) is 20.8 Å². The predicted molar refractivity (Wildman–Crippen MR) is 348 cm³/mol. The summed E-state index contributed by atoms with van der Waals surface area (Å²) in [6, 6.07) is 69.5. The van der Waals surface area contributed by atoms with Crippen LogP contribution in [0.25, 0.3) is 131 Å². The summed E-state index contributed by atoms with van der Waals surface area (Å²) in [4.78, 5) is 0. The number of hydrogen-bond acceptors (Lipinski definition) is 0. The van der Waals surface area contributed by atoms with Gasteiger partial charge in [-0.2, -0.15) is 0 Å². The lowest BCUT2D eigenvalue weighted by molar-refractivity contribution is 0.590. The zero-order chi connectivity index (χ0) is 55.4. The number of hydrogen-bond donors (Lipinski definition) is 0. The lowest BCUT2D eigenvalue weighted by Crippen LogP contribution is -2.13. The van der Waals surface area contributed by atoms with Gasteiger partial charge in [0.25, 0.3) is 0 Å². The van der Waals surface area contributed by atoms with E-state index in [1.807, 2.05) is 0 Å². The van der Waals surface area contributed by atoms with Gasteiger partial charge in [0, 0.05) is 0 Å². The molecular formula is C79H74. The van der Waals surface area contributed by atoms with Crippen molar-refractivity contribution in [2.24, 2.45) is 0 Å². The first kappa shape index (κ1) is 50.7. The zero-order valence-electron chi connectivity index (χ0n) is 49.2. The van der Waals surface area contributed by atoms with Crippen LogP contribution < -0.4 is 0 Å². The van der Waals surface area contributed by atoms with E-state index in [-0.39, 0.29) is 21.7 Å². The van der Waals surface area contributed by atoms with Gasteiger partial charge in [-0.3, -0.25) is 0 Å². The Morgan fingerprint density at radius 3 is 0.975 bits per heavy atom. The van der Waals surface area contributed by atoms with Crippen LogP contribution in [-0.2, 0) is 21.7 Å². The summed E-state index contributed by atoms with van der Waals surface area (Å²) in [5.74, 6) is 0. The molecule has 0 saturated carbocycles. The van der Waals surface area contributed by atoms with Gasteiger partial charge in [0.1, 0.15) is 0 Å². The number of benzene rings is 11. The van der Waals surface area contributed by atoms with E-state index in [1.54, 1.807) is 0 Å². The lowest BCUT2D eigenvalue weighted by atomic mass is 9.79. The standard InChI is InChI=1S/C79H74/c1-45-34-46(2)73(47(3)35-45)52-24-31-59-62(38-52)70-44-64-63(68-42-54(40-66(59)75(68)70)61-37-51(26-33-72(61)79(13,14)15)49-22-29-56(30-23-49)77(7,8)9)43-69-58-19-17-16-18-57(58)65-39-53(41-67(64)74(65)69)60-36-50(25-32-71(60)78(10,11)12)48-20-27-55(28-21-48)76(4,5)6/h16-44H,1-15H3. The quantitative estimate of drug-likeness (QED) is 0.151. The Bertz CT molecular complexity index is 4580. The summed E-state index contributed by atoms with van der Waals surface area (Å²) in [7, 11) is 0. The summed E-state index contributed by atoms with van der Waals surface area (Å²) in [5, 5.41) is 18.4. The molecular weight excluding hydrogens is 949 g/mol. The molecule has 0 unspecified atom stereocenters. The van der Waals surface area contributed by atoms with E-state index in [0.717, 1.165) is 0 Å². The van der Waals surface area contributed by atoms with Crippen molar-refractivity contribution in [3.63, 3.8) is 0 Å². The van der Waals surface area contributed by atoms with E-state index in [0.29, 0.717) is 0 Å². The second-order valence-corrected chi connectivity index (χ2v) is 27.6. The summed E-state index contributed by atoms with van der Waals surface area (Å²) < 4.78 is 0. The molecule has 0 amide bonds. The van der Waals surface area contributed by atoms with Crippen molar-refractivity contribution in [2.75, 3.05) is 0 Å². The normalized spacial score (nSPS) is 13.0. The van der Waals surface area contributed by atoms with Gasteiger partial charge in [0.05, 0.1) is 0 Å². The molecule has 0 aromatic heterocycles. The van der Waals surface area contributed by atoms with Crippen LogP contribution in [0.15, 0.2) is 176 Å². The Balaban J connectivity index is 1.15. The Morgan fingerprint density at radius 2 is 0.570 bits per heavy atom. The fraction of sp³-hybridized carbons (Fsp3) is 0.241. The third kappa shape index (κ3) is 8.31. The smallest absolute Gasteiger partial charge is 0.00195 e. The van der Waals surface area contributed by atoms with Crippen molar-refractivity contribution in [2.45, 2.75) is 126 Å². The SMILES string of the molecule is Cc1cc(C)c(-c2ccc3c(c2)c2cc4c(cc5c6ccccc6c6cc(-c7cc(-c8ccc(C(C)(C)C)cc8)ccc7C(C)(C)C)cc4c65)c4cc(-c5cc(-c6ccc(C(C)(C)C)cc6)ccc5C(C)(C)C)cc3c42)c(C)c1. The summed E-state index contributed by atoms with van der Waals surface area (Å²) in [6.45, 7) is 34.7. The third-order valence-electron chi connectivity index (χ3n) is 17.8. The van der Waals surface area contributed by atoms with E-state index in [4.69, 9.17) is 0 Å². The highest BCUT2D eigenvalue weighted by Crippen LogP contribution is 2.52. The molecule has 0 saturated heterocycles. The Morgan fingerprint density at radius 1 is 0.241 bits per heavy atom. The van der Waals surface area contributed by atoms with Gasteiger partial charge >= 0.3 is 0 Å². The molecule has 0 N–H and O–H groups in total. The van der Waals surface area contributed by atoms with E-state index in [2.05, 4.69) is 280 Å². The van der Waals surface area contributed by atoms with E-state index in [9.17, 15) is 0 Å². The molecule has 0 aliphatic carbocycles. The molecule has 13 rings (SSSR count). The fourth-order valence-electron chi connectivity index (χ4n) is 13.8. The fourth-order valence-corrected chi connectivity index (χ4v) is 13.8. The van der Waals surface area contributed by atoms with Gasteiger partial charge in [-0.25, -0.2) is 0 Å². The molecule has 13 aromatic carbocycles. The monoisotopic (exact) mass is 1020 g/mol. The molecule has 0 aliphatic heterocycles. The highest BCUT2D eigenvalue weighted by molar-refractivity contribution is 6.41. The molecule has 0 spiro atoms. The Labute approximate surface area is 468 Å². The second-order valence-electron chi connectivity index (χ2n) is 27.6. The van der Waals surface area contributed by atoms with Crippen molar-refractivity contribution in [3.05, 3.63) is 215 Å². The van der Waals surface area contributed by atoms with Gasteiger partial charge < -0.3 is 0 Å². The third-order valence-corrected chi connectivity index (χ3v) is 17.8. The Kier molecular flexibility index (Phi) is 11.3. The minimum Gasteiger partial charge on any atom is -0.0616 e. The summed E-state index contributed by atoms with van der Waals surface area (Å²) in [6.07, 6.45) is 0. The number of fused-ring (bicyclic) bond motifs is 9. The van der Waals surface area contributed by atoms with Gasteiger partial charge in [-0.05, 0) is 261 Å². The van der Waals surface area contributed by atoms with Crippen LogP contribution in [0.3, 0.4) is 0 Å². The molecule has 0 atom stereocenters. The molecule has 0 heterocycles. The van der Waals surface area contributed by atoms with Crippen LogP contribution >= 0.6 is 0 Å². The second kappa shape index (κ2) is 17.6. The molecule has 0 fully saturated rings. The van der Waals surface area contributed by atoms with Gasteiger partial charge in [0.2, 0.25) is 0 Å². The molecule has 0 bridgehead atoms. The summed E-state index contributed by atoms with van der Waals surface area (Å²) >= 11 is 0. The Hall–Kier alpha value is -7.80. The van der Waals surface area contributed by atoms with Crippen LogP contribution in [0.5, 0.6) is 0 Å². The average molecular weight is 1020 g/mol. The van der Waals surface area contributed by atoms with Crippen LogP contribution in [-0.4, -0.2) is 0 Å². The maximum atomic E-state index is 2.58. The first-order valence-corrected chi connectivity index (χ1v) is 28.8. The molecule has 0 heteroatoms. The zero-order valence-corrected chi connectivity index (χ0v) is 49.2. The van der Waals surface area contributed by atoms with Crippen molar-refractivity contribution in [1.29, 1.82) is 0 Å². The van der Waals surface area contributed by atoms with Crippen molar-refractivity contribution in [1.82, 2.24) is 0 Å². The highest BCUT2D eigenvalue weighted by atomic mass is 14.3. The summed E-state index contributed by atoms with van der Waals surface area (Å²) in [5.41, 5.74) is 22.0. The molecule has 0 nitrogen and oxygen atoms in total. The first-order chi connectivity index (χ1) is 37.4. The molecule has 79 heavy (non-hydrogen) atoms. The van der Waals surface area contributed by atoms with Crippen molar-refractivity contribution < 1.29 is 0 Å². The number of rotatable bonds is 5. The van der Waals surface area contributed by atoms with Crippen LogP contribution in [0.1, 0.15) is 122 Å². The van der Waals surface area contributed by atoms with Gasteiger partial charge in [0.15, 0.2) is 0 Å². The largest absolute Gasteiger partial charge is 0.0616 e. The molecule has 0 aliphatic rings. The van der Waals surface area contributed by atoms with Crippen LogP contribution in [0.4, 0.5) is 0 Å². The van der Waals surface area contributed by atoms with Gasteiger partial charge in [-0.1, -0.05) is 210 Å². The highest BCUT2D eigenvalue weighted by Gasteiger charge is 2.27. The van der Waals surface area contributed by atoms with E-state index < -0.39 is 0 Å². The molecule has 390 valence electrons.